The first-order valence-corrected chi connectivity index (χ1v) is 12.6. The lowest BCUT2D eigenvalue weighted by atomic mass is 9.79. The third-order valence-corrected chi connectivity index (χ3v) is 7.57. The van der Waals surface area contributed by atoms with Gasteiger partial charge in [-0.2, -0.15) is 0 Å². The lowest BCUT2D eigenvalue weighted by Gasteiger charge is -2.48. The zero-order chi connectivity index (χ0) is 24.1. The quantitative estimate of drug-likeness (QED) is 0.582. The van der Waals surface area contributed by atoms with Gasteiger partial charge in [-0.3, -0.25) is 14.5 Å². The third-order valence-electron chi connectivity index (χ3n) is 6.44. The maximum Gasteiger partial charge on any atom is 0.349 e. The Morgan fingerprint density at radius 3 is 2.45 bits per heavy atom. The molecule has 9 heteroatoms. The minimum atomic E-state index is -0.551. The summed E-state index contributed by atoms with van der Waals surface area (Å²) in [6.07, 6.45) is 5.67. The van der Waals surface area contributed by atoms with E-state index in [2.05, 4.69) is 15.5 Å². The first kappa shape index (κ1) is 25.6. The van der Waals surface area contributed by atoms with Crippen molar-refractivity contribution in [1.82, 2.24) is 10.2 Å². The molecule has 0 atom stereocenters. The molecule has 1 aliphatic heterocycles. The Balaban J connectivity index is 1.52. The predicted octanol–water partition coefficient (Wildman–Crippen LogP) is 3.35. The number of esters is 1. The number of carbonyl (C=O) groups is 3. The van der Waals surface area contributed by atoms with E-state index in [1.165, 1.54) is 6.42 Å². The number of carbonyl (C=O) groups excluding carboxylic acids is 3. The summed E-state index contributed by atoms with van der Waals surface area (Å²) >= 11 is 1.16. The molecule has 8 nitrogen and oxygen atoms in total. The lowest BCUT2D eigenvalue weighted by Crippen LogP contribution is -2.59. The van der Waals surface area contributed by atoms with E-state index in [0.29, 0.717) is 22.0 Å². The standard InChI is InChI=1S/C24H37N3O5S/c1-17-14-19(26-22(30)23(2,3)4)33-20(17)21(29)32-15-18(28)25-16-24(8-6-5-7-9-24)27-10-12-31-13-11-27/h14H,5-13,15-16H2,1-4H3,(H,25,28)(H,26,30). The minimum absolute atomic E-state index is 0.0355. The maximum atomic E-state index is 12.6. The normalized spacial score (nSPS) is 19.0. The monoisotopic (exact) mass is 479 g/mol. The summed E-state index contributed by atoms with van der Waals surface area (Å²) in [6.45, 7) is 10.7. The number of hydrogen-bond donors (Lipinski definition) is 2. The third kappa shape index (κ3) is 6.77. The first-order valence-electron chi connectivity index (χ1n) is 11.8. The van der Waals surface area contributed by atoms with E-state index in [4.69, 9.17) is 9.47 Å². The Labute approximate surface area is 200 Å². The largest absolute Gasteiger partial charge is 0.451 e. The number of ether oxygens (including phenoxy) is 2. The van der Waals surface area contributed by atoms with Crippen LogP contribution in [-0.2, 0) is 19.1 Å². The molecule has 2 amide bonds. The summed E-state index contributed by atoms with van der Waals surface area (Å²) in [5, 5.41) is 6.43. The Morgan fingerprint density at radius 2 is 1.82 bits per heavy atom. The highest BCUT2D eigenvalue weighted by Gasteiger charge is 2.38. The molecule has 0 bridgehead atoms. The van der Waals surface area contributed by atoms with Crippen LogP contribution >= 0.6 is 11.3 Å². The van der Waals surface area contributed by atoms with E-state index in [-0.39, 0.29) is 24.0 Å². The number of aryl methyl sites for hydroxylation is 1. The second-order valence-electron chi connectivity index (χ2n) is 10.1. The van der Waals surface area contributed by atoms with Crippen LogP contribution in [0.3, 0.4) is 0 Å². The zero-order valence-corrected chi connectivity index (χ0v) is 21.1. The van der Waals surface area contributed by atoms with E-state index in [1.54, 1.807) is 13.0 Å². The molecule has 2 heterocycles. The van der Waals surface area contributed by atoms with E-state index in [1.807, 2.05) is 20.8 Å². The molecule has 0 spiro atoms. The van der Waals surface area contributed by atoms with Gasteiger partial charge in [0.15, 0.2) is 6.61 Å². The average Bonchev–Trinajstić information content (AvgIpc) is 3.16. The number of rotatable bonds is 7. The predicted molar refractivity (Wildman–Crippen MR) is 129 cm³/mol. The van der Waals surface area contributed by atoms with E-state index < -0.39 is 11.4 Å². The van der Waals surface area contributed by atoms with E-state index in [9.17, 15) is 14.4 Å². The number of morpholine rings is 1. The molecule has 0 radical (unpaired) electrons. The maximum absolute atomic E-state index is 12.6. The Hall–Kier alpha value is -1.97. The van der Waals surface area contributed by atoms with Crippen LogP contribution in [0.1, 0.15) is 68.1 Å². The fourth-order valence-corrected chi connectivity index (χ4v) is 5.37. The average molecular weight is 480 g/mol. The van der Waals surface area contributed by atoms with E-state index in [0.717, 1.165) is 63.3 Å². The topological polar surface area (TPSA) is 97.0 Å². The van der Waals surface area contributed by atoms with Crippen molar-refractivity contribution in [2.75, 3.05) is 44.8 Å². The molecule has 1 aliphatic carbocycles. The molecule has 2 fully saturated rings. The van der Waals surface area contributed by atoms with Crippen molar-refractivity contribution >= 4 is 34.1 Å². The SMILES string of the molecule is Cc1cc(NC(=O)C(C)(C)C)sc1C(=O)OCC(=O)NCC1(N2CCOCC2)CCCCC1. The highest BCUT2D eigenvalue weighted by Crippen LogP contribution is 2.34. The van der Waals surface area contributed by atoms with Gasteiger partial charge in [0.25, 0.3) is 5.91 Å². The van der Waals surface area contributed by atoms with Gasteiger partial charge in [-0.1, -0.05) is 40.0 Å². The smallest absolute Gasteiger partial charge is 0.349 e. The summed E-state index contributed by atoms with van der Waals surface area (Å²) in [7, 11) is 0. The van der Waals surface area contributed by atoms with Gasteiger partial charge in [-0.25, -0.2) is 4.79 Å². The molecule has 1 saturated heterocycles. The lowest BCUT2D eigenvalue weighted by molar-refractivity contribution is -0.125. The van der Waals surface area contributed by atoms with Crippen LogP contribution in [0.4, 0.5) is 5.00 Å². The summed E-state index contributed by atoms with van der Waals surface area (Å²) in [5.41, 5.74) is 0.142. The molecular weight excluding hydrogens is 442 g/mol. The summed E-state index contributed by atoms with van der Waals surface area (Å²) in [6, 6.07) is 1.75. The molecule has 1 aromatic heterocycles. The van der Waals surface area contributed by atoms with Crippen LogP contribution in [-0.4, -0.2) is 67.7 Å². The Kier molecular flexibility index (Phi) is 8.53. The van der Waals surface area contributed by atoms with Crippen LogP contribution in [0, 0.1) is 12.3 Å². The van der Waals surface area contributed by atoms with Crippen molar-refractivity contribution in [3.05, 3.63) is 16.5 Å². The van der Waals surface area contributed by atoms with E-state index >= 15 is 0 Å². The number of hydrogen-bond acceptors (Lipinski definition) is 7. The molecule has 184 valence electrons. The second kappa shape index (κ2) is 11.0. The molecule has 33 heavy (non-hydrogen) atoms. The molecular formula is C24H37N3O5S. The van der Waals surface area contributed by atoms with Crippen molar-refractivity contribution < 1.29 is 23.9 Å². The van der Waals surface area contributed by atoms with Gasteiger partial charge >= 0.3 is 5.97 Å². The van der Waals surface area contributed by atoms with Crippen molar-refractivity contribution in [1.29, 1.82) is 0 Å². The Morgan fingerprint density at radius 1 is 1.15 bits per heavy atom. The summed E-state index contributed by atoms with van der Waals surface area (Å²) in [4.78, 5) is 40.1. The first-order chi connectivity index (χ1) is 15.6. The minimum Gasteiger partial charge on any atom is -0.451 e. The molecule has 2 N–H and O–H groups in total. The van der Waals surface area contributed by atoms with Gasteiger partial charge in [0, 0.05) is 30.6 Å². The molecule has 1 saturated carbocycles. The zero-order valence-electron chi connectivity index (χ0n) is 20.3. The van der Waals surface area contributed by atoms with Crippen LogP contribution in [0.2, 0.25) is 0 Å². The van der Waals surface area contributed by atoms with Crippen LogP contribution in [0.5, 0.6) is 0 Å². The number of amides is 2. The van der Waals surface area contributed by atoms with Crippen LogP contribution in [0.25, 0.3) is 0 Å². The van der Waals surface area contributed by atoms with Gasteiger partial charge in [-0.15, -0.1) is 11.3 Å². The van der Waals surface area contributed by atoms with Crippen molar-refractivity contribution in [2.45, 2.75) is 65.3 Å². The summed E-state index contributed by atoms with van der Waals surface area (Å²) in [5.74, 6) is -0.971. The molecule has 3 rings (SSSR count). The van der Waals surface area contributed by atoms with Crippen LogP contribution in [0.15, 0.2) is 6.07 Å². The van der Waals surface area contributed by atoms with Crippen molar-refractivity contribution in [3.8, 4) is 0 Å². The fourth-order valence-electron chi connectivity index (χ4n) is 4.41. The number of nitrogens with one attached hydrogen (secondary N) is 2. The van der Waals surface area contributed by atoms with Crippen LogP contribution < -0.4 is 10.6 Å². The molecule has 0 unspecified atom stereocenters. The van der Waals surface area contributed by atoms with Gasteiger partial charge < -0.3 is 20.1 Å². The molecule has 2 aliphatic rings. The number of anilines is 1. The van der Waals surface area contributed by atoms with Gasteiger partial charge in [-0.05, 0) is 31.4 Å². The number of thiophene rings is 1. The molecule has 1 aromatic rings. The van der Waals surface area contributed by atoms with Crippen molar-refractivity contribution in [3.63, 3.8) is 0 Å². The van der Waals surface area contributed by atoms with Gasteiger partial charge in [0.1, 0.15) is 4.88 Å². The highest BCUT2D eigenvalue weighted by atomic mass is 32.1. The van der Waals surface area contributed by atoms with Crippen molar-refractivity contribution in [2.24, 2.45) is 5.41 Å². The highest BCUT2D eigenvalue weighted by molar-refractivity contribution is 7.18. The molecule has 0 aromatic carbocycles. The van der Waals surface area contributed by atoms with Gasteiger partial charge in [0.05, 0.1) is 18.2 Å². The Bertz CT molecular complexity index is 849. The fraction of sp³-hybridized carbons (Fsp3) is 0.708. The summed E-state index contributed by atoms with van der Waals surface area (Å²) < 4.78 is 10.8. The van der Waals surface area contributed by atoms with Gasteiger partial charge in [0.2, 0.25) is 5.91 Å². The second-order valence-corrected chi connectivity index (χ2v) is 11.1. The number of nitrogens with zero attached hydrogens (tertiary/aromatic N) is 1.